The molecule has 0 unspecified atom stereocenters. The lowest BCUT2D eigenvalue weighted by Crippen LogP contribution is -2.38. The number of hydrogen-bond acceptors (Lipinski definition) is 6. The Labute approximate surface area is 203 Å². The van der Waals surface area contributed by atoms with Gasteiger partial charge in [-0.3, -0.25) is 23.5 Å². The molecule has 3 heterocycles. The number of hydrogen-bond donors (Lipinski definition) is 1. The van der Waals surface area contributed by atoms with Gasteiger partial charge in [-0.15, -0.1) is 10.2 Å². The van der Waals surface area contributed by atoms with Gasteiger partial charge in [-0.25, -0.2) is 0 Å². The van der Waals surface area contributed by atoms with Crippen molar-refractivity contribution in [3.05, 3.63) is 76.3 Å². The number of aryl methyl sites for hydroxylation is 1. The Morgan fingerprint density at radius 1 is 1.00 bits per heavy atom. The van der Waals surface area contributed by atoms with Gasteiger partial charge in [0.1, 0.15) is 5.82 Å². The molecule has 0 atom stereocenters. The Balaban J connectivity index is 1.30. The van der Waals surface area contributed by atoms with Gasteiger partial charge in [0.05, 0.1) is 30.7 Å². The molecule has 1 fully saturated rings. The number of benzene rings is 2. The van der Waals surface area contributed by atoms with E-state index in [1.807, 2.05) is 59.0 Å². The van der Waals surface area contributed by atoms with Crippen molar-refractivity contribution in [3.63, 3.8) is 0 Å². The van der Waals surface area contributed by atoms with Crippen LogP contribution in [0.1, 0.15) is 24.2 Å². The third-order valence-electron chi connectivity index (χ3n) is 6.41. The fourth-order valence-corrected chi connectivity index (χ4v) is 4.55. The molecule has 1 aliphatic heterocycles. The molecule has 1 N–H and O–H groups in total. The van der Waals surface area contributed by atoms with E-state index < -0.39 is 0 Å². The van der Waals surface area contributed by atoms with Crippen molar-refractivity contribution < 1.29 is 9.53 Å². The summed E-state index contributed by atoms with van der Waals surface area (Å²) in [6.45, 7) is 5.49. The second-order valence-corrected chi connectivity index (χ2v) is 8.80. The summed E-state index contributed by atoms with van der Waals surface area (Å²) in [6.07, 6.45) is 1.66. The Kier molecular flexibility index (Phi) is 7.15. The molecule has 0 radical (unpaired) electrons. The molecule has 0 bridgehead atoms. The summed E-state index contributed by atoms with van der Waals surface area (Å²) >= 11 is 0. The van der Waals surface area contributed by atoms with E-state index in [9.17, 15) is 9.59 Å². The van der Waals surface area contributed by atoms with Crippen LogP contribution in [0.4, 0.5) is 0 Å². The third-order valence-corrected chi connectivity index (χ3v) is 6.41. The third kappa shape index (κ3) is 5.26. The molecule has 35 heavy (non-hydrogen) atoms. The van der Waals surface area contributed by atoms with Crippen molar-refractivity contribution in [3.8, 4) is 0 Å². The number of nitrogens with one attached hydrogen (secondary N) is 1. The molecule has 2 aromatic carbocycles. The molecule has 0 aliphatic carbocycles. The first kappa shape index (κ1) is 23.2. The summed E-state index contributed by atoms with van der Waals surface area (Å²) in [5, 5.41) is 12.3. The first-order valence-electron chi connectivity index (χ1n) is 12.2. The Morgan fingerprint density at radius 2 is 1.77 bits per heavy atom. The summed E-state index contributed by atoms with van der Waals surface area (Å²) in [5.41, 5.74) is 1.66. The predicted molar refractivity (Wildman–Crippen MR) is 134 cm³/mol. The Hall–Kier alpha value is -3.56. The highest BCUT2D eigenvalue weighted by molar-refractivity contribution is 5.80. The minimum absolute atomic E-state index is 0.00867. The zero-order chi connectivity index (χ0) is 24.0. The second-order valence-electron chi connectivity index (χ2n) is 8.80. The number of rotatable bonds is 9. The Bertz CT molecular complexity index is 1360. The minimum Gasteiger partial charge on any atom is -0.379 e. The quantitative estimate of drug-likeness (QED) is 0.372. The summed E-state index contributed by atoms with van der Waals surface area (Å²) in [7, 11) is 0. The van der Waals surface area contributed by atoms with Gasteiger partial charge in [0.15, 0.2) is 0 Å². The fraction of sp³-hybridized carbons (Fsp3) is 0.385. The van der Waals surface area contributed by atoms with Gasteiger partial charge in [-0.1, -0.05) is 42.5 Å². The molecule has 2 aromatic heterocycles. The number of carbonyl (C=O) groups is 1. The van der Waals surface area contributed by atoms with Gasteiger partial charge in [0, 0.05) is 32.5 Å². The molecule has 4 aromatic rings. The fourth-order valence-electron chi connectivity index (χ4n) is 4.55. The highest BCUT2D eigenvalue weighted by atomic mass is 16.5. The molecule has 182 valence electrons. The lowest BCUT2D eigenvalue weighted by molar-refractivity contribution is -0.121. The van der Waals surface area contributed by atoms with Crippen molar-refractivity contribution in [2.45, 2.75) is 25.8 Å². The number of carbonyl (C=O) groups excluding carboxylic acids is 1. The summed E-state index contributed by atoms with van der Waals surface area (Å²) in [6, 6.07) is 17.3. The van der Waals surface area contributed by atoms with E-state index in [4.69, 9.17) is 4.74 Å². The highest BCUT2D eigenvalue weighted by Gasteiger charge is 2.17. The lowest BCUT2D eigenvalue weighted by atomic mass is 10.2. The number of aromatic nitrogens is 4. The van der Waals surface area contributed by atoms with Crippen LogP contribution in [0.3, 0.4) is 0 Å². The average Bonchev–Trinajstić information content (AvgIpc) is 3.33. The van der Waals surface area contributed by atoms with Crippen LogP contribution in [0, 0.1) is 0 Å². The van der Waals surface area contributed by atoms with Crippen LogP contribution in [-0.4, -0.2) is 69.4 Å². The van der Waals surface area contributed by atoms with E-state index in [1.54, 1.807) is 4.57 Å². The van der Waals surface area contributed by atoms with E-state index in [1.165, 1.54) is 0 Å². The van der Waals surface area contributed by atoms with Crippen molar-refractivity contribution in [2.75, 3.05) is 39.4 Å². The topological polar surface area (TPSA) is 93.8 Å². The predicted octanol–water partition coefficient (Wildman–Crippen LogP) is 1.86. The van der Waals surface area contributed by atoms with Gasteiger partial charge >= 0.3 is 0 Å². The molecule has 1 aliphatic rings. The lowest BCUT2D eigenvalue weighted by Gasteiger charge is -2.26. The maximum atomic E-state index is 13.3. The minimum atomic E-state index is -0.103. The van der Waals surface area contributed by atoms with E-state index >= 15 is 0 Å². The van der Waals surface area contributed by atoms with E-state index in [0.717, 1.165) is 50.3 Å². The number of para-hydroxylation sites is 1. The largest absolute Gasteiger partial charge is 0.379 e. The first-order valence-corrected chi connectivity index (χ1v) is 12.2. The van der Waals surface area contributed by atoms with E-state index in [-0.39, 0.29) is 11.5 Å². The van der Waals surface area contributed by atoms with Crippen LogP contribution < -0.4 is 10.9 Å². The molecule has 9 heteroatoms. The standard InChI is InChI=1S/C26H30N6O3/c33-24(27-13-6-14-30-15-17-35-18-16-30)12-11-23-28-29-26-31(19-20-7-2-1-3-8-20)25(34)21-9-4-5-10-22(21)32(23)26/h1-5,7-10H,6,11-19H2,(H,27,33). The van der Waals surface area contributed by atoms with Crippen LogP contribution in [0.2, 0.25) is 0 Å². The molecular weight excluding hydrogens is 444 g/mol. The summed E-state index contributed by atoms with van der Waals surface area (Å²) < 4.78 is 8.93. The SMILES string of the molecule is O=C(CCc1nnc2n(Cc3ccccc3)c(=O)c3ccccc3n12)NCCCN1CCOCC1. The van der Waals surface area contributed by atoms with Crippen LogP contribution in [0.15, 0.2) is 59.4 Å². The number of fused-ring (bicyclic) bond motifs is 3. The van der Waals surface area contributed by atoms with Crippen molar-refractivity contribution in [2.24, 2.45) is 0 Å². The summed E-state index contributed by atoms with van der Waals surface area (Å²) in [5.74, 6) is 1.14. The molecular formula is C26H30N6O3. The van der Waals surface area contributed by atoms with Gasteiger partial charge in [-0.2, -0.15) is 0 Å². The monoisotopic (exact) mass is 474 g/mol. The number of morpholine rings is 1. The van der Waals surface area contributed by atoms with E-state index in [2.05, 4.69) is 20.4 Å². The molecule has 5 rings (SSSR count). The number of nitrogens with zero attached hydrogens (tertiary/aromatic N) is 5. The van der Waals surface area contributed by atoms with Crippen molar-refractivity contribution in [1.29, 1.82) is 0 Å². The second kappa shape index (κ2) is 10.8. The average molecular weight is 475 g/mol. The van der Waals surface area contributed by atoms with Gasteiger partial charge < -0.3 is 10.1 Å². The summed E-state index contributed by atoms with van der Waals surface area (Å²) in [4.78, 5) is 28.1. The van der Waals surface area contributed by atoms with Crippen LogP contribution >= 0.6 is 0 Å². The Morgan fingerprint density at radius 3 is 2.60 bits per heavy atom. The molecule has 9 nitrogen and oxygen atoms in total. The number of amides is 1. The maximum absolute atomic E-state index is 13.3. The van der Waals surface area contributed by atoms with Crippen LogP contribution in [-0.2, 0) is 22.5 Å². The van der Waals surface area contributed by atoms with Gasteiger partial charge in [-0.05, 0) is 30.7 Å². The maximum Gasteiger partial charge on any atom is 0.263 e. The molecule has 1 amide bonds. The normalized spacial score (nSPS) is 14.5. The van der Waals surface area contributed by atoms with Gasteiger partial charge in [0.25, 0.3) is 5.56 Å². The zero-order valence-corrected chi connectivity index (χ0v) is 19.7. The molecule has 0 spiro atoms. The van der Waals surface area contributed by atoms with Crippen molar-refractivity contribution in [1.82, 2.24) is 29.4 Å². The van der Waals surface area contributed by atoms with Crippen molar-refractivity contribution >= 4 is 22.6 Å². The van der Waals surface area contributed by atoms with Gasteiger partial charge in [0.2, 0.25) is 11.7 Å². The van der Waals surface area contributed by atoms with E-state index in [0.29, 0.717) is 42.9 Å². The molecule has 0 saturated carbocycles. The molecule has 1 saturated heterocycles. The number of ether oxygens (including phenoxy) is 1. The first-order chi connectivity index (χ1) is 17.2. The van der Waals surface area contributed by atoms with Crippen LogP contribution in [0.5, 0.6) is 0 Å². The zero-order valence-electron chi connectivity index (χ0n) is 19.7. The smallest absolute Gasteiger partial charge is 0.263 e. The van der Waals surface area contributed by atoms with Crippen LogP contribution in [0.25, 0.3) is 16.7 Å². The highest BCUT2D eigenvalue weighted by Crippen LogP contribution is 2.16.